The topological polar surface area (TPSA) is 89.2 Å². The first-order valence-electron chi connectivity index (χ1n) is 5.06. The maximum absolute atomic E-state index is 12.2. The van der Waals surface area contributed by atoms with E-state index in [9.17, 15) is 23.4 Å². The molecule has 0 fully saturated rings. The van der Waals surface area contributed by atoms with E-state index in [-0.39, 0.29) is 28.8 Å². The molecule has 0 aromatic heterocycles. The molecule has 0 amide bonds. The van der Waals surface area contributed by atoms with E-state index in [1.165, 1.54) is 18.2 Å². The van der Waals surface area contributed by atoms with E-state index in [1.807, 2.05) is 0 Å². The number of azide groups is 1. The van der Waals surface area contributed by atoms with Crippen LogP contribution in [0.5, 0.6) is 0 Å². The van der Waals surface area contributed by atoms with Crippen molar-refractivity contribution in [1.82, 2.24) is 0 Å². The zero-order chi connectivity index (χ0) is 14.5. The summed E-state index contributed by atoms with van der Waals surface area (Å²) >= 11 is -0.313. The van der Waals surface area contributed by atoms with Crippen LogP contribution in [-0.4, -0.2) is 28.4 Å². The van der Waals surface area contributed by atoms with Crippen LogP contribution in [0.1, 0.15) is 11.7 Å². The van der Waals surface area contributed by atoms with Gasteiger partial charge in [-0.1, -0.05) is 17.2 Å². The van der Waals surface area contributed by atoms with Crippen molar-refractivity contribution in [3.8, 4) is 0 Å². The fraction of sp³-hybridized carbons (Fsp3) is 0.400. The molecule has 2 N–H and O–H groups in total. The molecule has 5 nitrogen and oxygen atoms in total. The summed E-state index contributed by atoms with van der Waals surface area (Å²) in [6.07, 6.45) is -2.79. The molecule has 0 aliphatic heterocycles. The minimum absolute atomic E-state index is 0.0972. The second kappa shape index (κ2) is 6.67. The molecular formula is C10H10F3N3O2S. The van der Waals surface area contributed by atoms with Crippen molar-refractivity contribution in [1.29, 1.82) is 0 Å². The third-order valence-corrected chi connectivity index (χ3v) is 2.85. The van der Waals surface area contributed by atoms with E-state index in [0.29, 0.717) is 0 Å². The first-order chi connectivity index (χ1) is 8.83. The van der Waals surface area contributed by atoms with E-state index in [4.69, 9.17) is 5.53 Å². The van der Waals surface area contributed by atoms with Gasteiger partial charge in [0, 0.05) is 9.81 Å². The lowest BCUT2D eigenvalue weighted by Gasteiger charge is -2.17. The first-order valence-corrected chi connectivity index (χ1v) is 5.88. The summed E-state index contributed by atoms with van der Waals surface area (Å²) in [5.74, 6) is 0. The van der Waals surface area contributed by atoms with Crippen LogP contribution in [0.15, 0.2) is 34.3 Å². The quantitative estimate of drug-likeness (QED) is 0.378. The summed E-state index contributed by atoms with van der Waals surface area (Å²) in [6.45, 7) is -0.367. The van der Waals surface area contributed by atoms with Crippen molar-refractivity contribution in [2.75, 3.05) is 6.54 Å². The number of alkyl halides is 3. The Bertz CT molecular complexity index is 477. The van der Waals surface area contributed by atoms with E-state index < -0.39 is 17.7 Å². The maximum Gasteiger partial charge on any atom is 0.446 e. The highest BCUT2D eigenvalue weighted by Gasteiger charge is 2.29. The lowest BCUT2D eigenvalue weighted by molar-refractivity contribution is -0.0328. The lowest BCUT2D eigenvalue weighted by atomic mass is 10.0. The minimum Gasteiger partial charge on any atom is -0.390 e. The summed E-state index contributed by atoms with van der Waals surface area (Å²) in [7, 11) is 0. The smallest absolute Gasteiger partial charge is 0.390 e. The number of hydrogen-bond acceptors (Lipinski definition) is 4. The Morgan fingerprint density at radius 1 is 1.37 bits per heavy atom. The maximum atomic E-state index is 12.2. The third kappa shape index (κ3) is 5.39. The highest BCUT2D eigenvalue weighted by atomic mass is 32.2. The highest BCUT2D eigenvalue weighted by molar-refractivity contribution is 8.00. The predicted molar refractivity (Wildman–Crippen MR) is 63.3 cm³/mol. The first kappa shape index (κ1) is 15.6. The number of rotatable bonds is 5. The lowest BCUT2D eigenvalue weighted by Crippen LogP contribution is -2.21. The Balaban J connectivity index is 2.83. The molecule has 1 aromatic rings. The molecular weight excluding hydrogens is 283 g/mol. The van der Waals surface area contributed by atoms with Gasteiger partial charge in [0.15, 0.2) is 0 Å². The molecule has 9 heteroatoms. The number of halogens is 3. The molecule has 2 atom stereocenters. The summed E-state index contributed by atoms with van der Waals surface area (Å²) in [4.78, 5) is 2.32. The van der Waals surface area contributed by atoms with Crippen LogP contribution in [0.25, 0.3) is 10.4 Å². The van der Waals surface area contributed by atoms with Crippen LogP contribution in [0.3, 0.4) is 0 Å². The Hall–Kier alpha value is -1.41. The van der Waals surface area contributed by atoms with Gasteiger partial charge in [0.05, 0.1) is 12.6 Å². The van der Waals surface area contributed by atoms with Crippen LogP contribution < -0.4 is 0 Å². The van der Waals surface area contributed by atoms with Crippen molar-refractivity contribution in [3.05, 3.63) is 40.3 Å². The number of benzene rings is 1. The normalized spacial score (nSPS) is 14.6. The number of nitrogens with zero attached hydrogens (tertiary/aromatic N) is 3. The Kier molecular flexibility index (Phi) is 5.49. The molecule has 0 aliphatic rings. The number of hydrogen-bond donors (Lipinski definition) is 2. The van der Waals surface area contributed by atoms with Gasteiger partial charge in [-0.2, -0.15) is 13.2 Å². The van der Waals surface area contributed by atoms with Crippen molar-refractivity contribution < 1.29 is 23.4 Å². The molecule has 0 saturated carbocycles. The molecule has 0 heterocycles. The third-order valence-electron chi connectivity index (χ3n) is 2.13. The fourth-order valence-corrected chi connectivity index (χ4v) is 1.95. The second-order valence-corrected chi connectivity index (χ2v) is 4.68. The summed E-state index contributed by atoms with van der Waals surface area (Å²) in [5.41, 5.74) is 3.77. The van der Waals surface area contributed by atoms with Crippen molar-refractivity contribution in [2.24, 2.45) is 5.11 Å². The van der Waals surface area contributed by atoms with Crippen LogP contribution in [0.2, 0.25) is 0 Å². The molecule has 0 radical (unpaired) electrons. The Morgan fingerprint density at radius 2 is 2.05 bits per heavy atom. The van der Waals surface area contributed by atoms with Crippen LogP contribution in [-0.2, 0) is 0 Å². The largest absolute Gasteiger partial charge is 0.446 e. The van der Waals surface area contributed by atoms with Gasteiger partial charge in [-0.3, -0.25) is 0 Å². The van der Waals surface area contributed by atoms with Crippen molar-refractivity contribution in [2.45, 2.75) is 22.6 Å². The van der Waals surface area contributed by atoms with E-state index >= 15 is 0 Å². The summed E-state index contributed by atoms with van der Waals surface area (Å²) in [5, 5.41) is 22.3. The average Bonchev–Trinajstić information content (AvgIpc) is 2.33. The summed E-state index contributed by atoms with van der Waals surface area (Å²) in [6, 6.07) is 5.09. The highest BCUT2D eigenvalue weighted by Crippen LogP contribution is 2.37. The van der Waals surface area contributed by atoms with Gasteiger partial charge in [-0.05, 0) is 35.0 Å². The minimum atomic E-state index is -4.42. The second-order valence-electron chi connectivity index (χ2n) is 3.55. The monoisotopic (exact) mass is 293 g/mol. The summed E-state index contributed by atoms with van der Waals surface area (Å²) < 4.78 is 36.6. The van der Waals surface area contributed by atoms with Crippen molar-refractivity contribution in [3.63, 3.8) is 0 Å². The molecule has 2 unspecified atom stereocenters. The molecule has 0 aliphatic carbocycles. The molecule has 1 rings (SSSR count). The van der Waals surface area contributed by atoms with Crippen LogP contribution in [0, 0.1) is 0 Å². The van der Waals surface area contributed by atoms with Gasteiger partial charge in [0.2, 0.25) is 0 Å². The van der Waals surface area contributed by atoms with Gasteiger partial charge in [-0.15, -0.1) is 0 Å². The Morgan fingerprint density at radius 3 is 2.63 bits per heavy atom. The zero-order valence-electron chi connectivity index (χ0n) is 9.45. The Labute approximate surface area is 110 Å². The van der Waals surface area contributed by atoms with E-state index in [2.05, 4.69) is 10.0 Å². The van der Waals surface area contributed by atoms with Gasteiger partial charge < -0.3 is 10.2 Å². The molecule has 104 valence electrons. The van der Waals surface area contributed by atoms with E-state index in [1.54, 1.807) is 0 Å². The van der Waals surface area contributed by atoms with Gasteiger partial charge >= 0.3 is 5.51 Å². The van der Waals surface area contributed by atoms with Crippen LogP contribution in [0.4, 0.5) is 13.2 Å². The zero-order valence-corrected chi connectivity index (χ0v) is 10.3. The molecule has 0 bridgehead atoms. The van der Waals surface area contributed by atoms with Gasteiger partial charge in [-0.25, -0.2) is 0 Å². The molecule has 0 spiro atoms. The number of aliphatic hydroxyl groups is 2. The van der Waals surface area contributed by atoms with Gasteiger partial charge in [0.1, 0.15) is 6.10 Å². The number of aliphatic hydroxyl groups excluding tert-OH is 2. The molecule has 19 heavy (non-hydrogen) atoms. The molecule has 0 saturated heterocycles. The average molecular weight is 293 g/mol. The fourth-order valence-electron chi connectivity index (χ4n) is 1.34. The number of thioether (sulfide) groups is 1. The standard InChI is InChI=1S/C10H10F3N3O2S/c11-10(12,13)19-7-3-1-2-6(4-7)9(18)8(17)5-15-16-14/h1-4,8-9,17-18H,5H2. The van der Waals surface area contributed by atoms with Crippen molar-refractivity contribution >= 4 is 11.8 Å². The predicted octanol–water partition coefficient (Wildman–Crippen LogP) is 3.00. The van der Waals surface area contributed by atoms with Gasteiger partial charge in [0.25, 0.3) is 0 Å². The molecule has 1 aromatic carbocycles. The van der Waals surface area contributed by atoms with Crippen LogP contribution >= 0.6 is 11.8 Å². The SMILES string of the molecule is [N-]=[N+]=NCC(O)C(O)c1cccc(SC(F)(F)F)c1. The van der Waals surface area contributed by atoms with E-state index in [0.717, 1.165) is 6.07 Å².